The van der Waals surface area contributed by atoms with Crippen LogP contribution in [-0.4, -0.2) is 12.1 Å². The van der Waals surface area contributed by atoms with Gasteiger partial charge in [0.05, 0.1) is 18.3 Å². The summed E-state index contributed by atoms with van der Waals surface area (Å²) in [5, 5.41) is 1.22. The quantitative estimate of drug-likeness (QED) is 0.677. The molecule has 2 heteroatoms. The first kappa shape index (κ1) is 12.7. The second-order valence-corrected chi connectivity index (χ2v) is 4.96. The van der Waals surface area contributed by atoms with Crippen LogP contribution in [0.3, 0.4) is 0 Å². The molecule has 3 rings (SSSR count). The Hall–Kier alpha value is -2.35. The molecule has 0 amide bonds. The topological polar surface area (TPSA) is 22.1 Å². The SMILES string of the molecule is COc1ccc(-c2nc3ccccc3c(C)c2C)cc1. The molecule has 1 aromatic heterocycles. The minimum atomic E-state index is 0.865. The Kier molecular flexibility index (Phi) is 3.15. The first-order chi connectivity index (χ1) is 9.70. The number of aromatic nitrogens is 1. The minimum Gasteiger partial charge on any atom is -0.497 e. The van der Waals surface area contributed by atoms with Gasteiger partial charge in [0.2, 0.25) is 0 Å². The van der Waals surface area contributed by atoms with E-state index in [1.807, 2.05) is 18.2 Å². The molecule has 0 radical (unpaired) electrons. The van der Waals surface area contributed by atoms with E-state index >= 15 is 0 Å². The van der Waals surface area contributed by atoms with E-state index in [4.69, 9.17) is 9.72 Å². The number of hydrogen-bond acceptors (Lipinski definition) is 2. The average molecular weight is 263 g/mol. The van der Waals surface area contributed by atoms with Crippen molar-refractivity contribution in [1.29, 1.82) is 0 Å². The van der Waals surface area contributed by atoms with Crippen LogP contribution < -0.4 is 4.74 Å². The molecule has 2 aromatic carbocycles. The van der Waals surface area contributed by atoms with Crippen LogP contribution >= 0.6 is 0 Å². The van der Waals surface area contributed by atoms with Gasteiger partial charge in [-0.05, 0) is 55.3 Å². The molecule has 0 atom stereocenters. The van der Waals surface area contributed by atoms with Crippen LogP contribution in [0.2, 0.25) is 0 Å². The Labute approximate surface area is 119 Å². The highest BCUT2D eigenvalue weighted by molar-refractivity contribution is 5.86. The molecule has 0 bridgehead atoms. The van der Waals surface area contributed by atoms with E-state index in [0.717, 1.165) is 22.5 Å². The molecule has 3 aromatic rings. The number of methoxy groups -OCH3 is 1. The van der Waals surface area contributed by atoms with Gasteiger partial charge in [-0.2, -0.15) is 0 Å². The van der Waals surface area contributed by atoms with E-state index in [9.17, 15) is 0 Å². The predicted octanol–water partition coefficient (Wildman–Crippen LogP) is 4.53. The number of benzene rings is 2. The normalized spacial score (nSPS) is 10.8. The molecule has 0 aliphatic rings. The van der Waals surface area contributed by atoms with Crippen molar-refractivity contribution < 1.29 is 4.74 Å². The summed E-state index contributed by atoms with van der Waals surface area (Å²) < 4.78 is 5.21. The van der Waals surface area contributed by atoms with Crippen molar-refractivity contribution in [2.45, 2.75) is 13.8 Å². The molecule has 0 saturated carbocycles. The number of pyridine rings is 1. The van der Waals surface area contributed by atoms with E-state index in [1.165, 1.54) is 16.5 Å². The fraction of sp³-hybridized carbons (Fsp3) is 0.167. The van der Waals surface area contributed by atoms with E-state index in [-0.39, 0.29) is 0 Å². The average Bonchev–Trinajstić information content (AvgIpc) is 2.51. The molecular formula is C18H17NO. The van der Waals surface area contributed by atoms with Crippen molar-refractivity contribution in [3.8, 4) is 17.0 Å². The van der Waals surface area contributed by atoms with Crippen molar-refractivity contribution in [3.05, 3.63) is 59.7 Å². The van der Waals surface area contributed by atoms with Crippen LogP contribution in [-0.2, 0) is 0 Å². The molecule has 0 aliphatic carbocycles. The summed E-state index contributed by atoms with van der Waals surface area (Å²) >= 11 is 0. The van der Waals surface area contributed by atoms with Gasteiger partial charge in [0.1, 0.15) is 5.75 Å². The summed E-state index contributed by atoms with van der Waals surface area (Å²) in [5.74, 6) is 0.865. The lowest BCUT2D eigenvalue weighted by Gasteiger charge is -2.12. The van der Waals surface area contributed by atoms with Gasteiger partial charge in [0.15, 0.2) is 0 Å². The molecule has 1 heterocycles. The highest BCUT2D eigenvalue weighted by atomic mass is 16.5. The summed E-state index contributed by atoms with van der Waals surface area (Å²) in [4.78, 5) is 4.82. The van der Waals surface area contributed by atoms with Gasteiger partial charge < -0.3 is 4.74 Å². The molecule has 0 aliphatic heterocycles. The highest BCUT2D eigenvalue weighted by Gasteiger charge is 2.10. The molecule has 2 nitrogen and oxygen atoms in total. The maximum absolute atomic E-state index is 5.21. The predicted molar refractivity (Wildman–Crippen MR) is 83.2 cm³/mol. The lowest BCUT2D eigenvalue weighted by molar-refractivity contribution is 0.415. The van der Waals surface area contributed by atoms with Crippen LogP contribution in [0.5, 0.6) is 5.75 Å². The fourth-order valence-electron chi connectivity index (χ4n) is 2.50. The van der Waals surface area contributed by atoms with Crippen LogP contribution in [0, 0.1) is 13.8 Å². The van der Waals surface area contributed by atoms with E-state index in [0.29, 0.717) is 0 Å². The van der Waals surface area contributed by atoms with E-state index in [1.54, 1.807) is 7.11 Å². The monoisotopic (exact) mass is 263 g/mol. The maximum atomic E-state index is 5.21. The van der Waals surface area contributed by atoms with Crippen LogP contribution in [0.4, 0.5) is 0 Å². The third kappa shape index (κ3) is 2.03. The summed E-state index contributed by atoms with van der Waals surface area (Å²) in [7, 11) is 1.68. The van der Waals surface area contributed by atoms with Gasteiger partial charge in [-0.25, -0.2) is 4.98 Å². The van der Waals surface area contributed by atoms with Gasteiger partial charge in [-0.15, -0.1) is 0 Å². The molecule has 0 N–H and O–H groups in total. The Bertz CT molecular complexity index is 760. The van der Waals surface area contributed by atoms with Crippen molar-refractivity contribution in [1.82, 2.24) is 4.98 Å². The third-order valence-electron chi connectivity index (χ3n) is 3.82. The first-order valence-electron chi connectivity index (χ1n) is 6.71. The lowest BCUT2D eigenvalue weighted by atomic mass is 9.99. The van der Waals surface area contributed by atoms with Crippen LogP contribution in [0.1, 0.15) is 11.1 Å². The number of nitrogens with zero attached hydrogens (tertiary/aromatic N) is 1. The van der Waals surface area contributed by atoms with E-state index < -0.39 is 0 Å². The largest absolute Gasteiger partial charge is 0.497 e. The van der Waals surface area contributed by atoms with Crippen molar-refractivity contribution >= 4 is 10.9 Å². The summed E-state index contributed by atoms with van der Waals surface area (Å²) in [5.41, 5.74) is 5.73. The van der Waals surface area contributed by atoms with Crippen molar-refractivity contribution in [2.24, 2.45) is 0 Å². The zero-order valence-electron chi connectivity index (χ0n) is 12.0. The zero-order valence-corrected chi connectivity index (χ0v) is 12.0. The molecule has 20 heavy (non-hydrogen) atoms. The van der Waals surface area contributed by atoms with E-state index in [2.05, 4.69) is 44.2 Å². The Morgan fingerprint density at radius 2 is 1.55 bits per heavy atom. The van der Waals surface area contributed by atoms with Crippen LogP contribution in [0.15, 0.2) is 48.5 Å². The zero-order chi connectivity index (χ0) is 14.1. The number of fused-ring (bicyclic) bond motifs is 1. The summed E-state index contributed by atoms with van der Waals surface area (Å²) in [6.07, 6.45) is 0. The van der Waals surface area contributed by atoms with Gasteiger partial charge in [-0.1, -0.05) is 18.2 Å². The van der Waals surface area contributed by atoms with Crippen molar-refractivity contribution in [3.63, 3.8) is 0 Å². The number of para-hydroxylation sites is 1. The molecule has 0 fully saturated rings. The summed E-state index contributed by atoms with van der Waals surface area (Å²) in [6.45, 7) is 4.29. The van der Waals surface area contributed by atoms with Gasteiger partial charge >= 0.3 is 0 Å². The second kappa shape index (κ2) is 4.97. The smallest absolute Gasteiger partial charge is 0.118 e. The number of ether oxygens (including phenoxy) is 1. The second-order valence-electron chi connectivity index (χ2n) is 4.96. The summed E-state index contributed by atoms with van der Waals surface area (Å²) in [6, 6.07) is 16.3. The Morgan fingerprint density at radius 3 is 2.25 bits per heavy atom. The Balaban J connectivity index is 2.22. The van der Waals surface area contributed by atoms with Crippen molar-refractivity contribution in [2.75, 3.05) is 7.11 Å². The third-order valence-corrected chi connectivity index (χ3v) is 3.82. The lowest BCUT2D eigenvalue weighted by Crippen LogP contribution is -1.94. The molecule has 0 spiro atoms. The molecule has 0 saturated heterocycles. The van der Waals surface area contributed by atoms with Gasteiger partial charge in [0, 0.05) is 10.9 Å². The maximum Gasteiger partial charge on any atom is 0.118 e. The minimum absolute atomic E-state index is 0.865. The number of aryl methyl sites for hydroxylation is 1. The molecule has 100 valence electrons. The molecule has 0 unspecified atom stereocenters. The number of rotatable bonds is 2. The molecular weight excluding hydrogens is 246 g/mol. The first-order valence-corrected chi connectivity index (χ1v) is 6.71. The highest BCUT2D eigenvalue weighted by Crippen LogP contribution is 2.29. The standard InChI is InChI=1S/C18H17NO/c1-12-13(2)18(14-8-10-15(20-3)11-9-14)19-17-7-5-4-6-16(12)17/h4-11H,1-3H3. The number of hydrogen-bond donors (Lipinski definition) is 0. The van der Waals surface area contributed by atoms with Gasteiger partial charge in [-0.3, -0.25) is 0 Å². The van der Waals surface area contributed by atoms with Gasteiger partial charge in [0.25, 0.3) is 0 Å². The Morgan fingerprint density at radius 1 is 0.850 bits per heavy atom. The van der Waals surface area contributed by atoms with Crippen LogP contribution in [0.25, 0.3) is 22.2 Å². The fourth-order valence-corrected chi connectivity index (χ4v) is 2.50.